The molecule has 0 saturated heterocycles. The summed E-state index contributed by atoms with van der Waals surface area (Å²) >= 11 is 0. The number of nitrogen functional groups attached to an aromatic ring is 1. The Balaban J connectivity index is 2.05. The molecule has 0 radical (unpaired) electrons. The summed E-state index contributed by atoms with van der Waals surface area (Å²) in [6.45, 7) is 2.44. The van der Waals surface area contributed by atoms with E-state index in [9.17, 15) is 0 Å². The van der Waals surface area contributed by atoms with Crippen LogP contribution in [0.2, 0.25) is 0 Å². The molecule has 0 bridgehead atoms. The summed E-state index contributed by atoms with van der Waals surface area (Å²) in [5.74, 6) is 0.959. The second kappa shape index (κ2) is 6.80. The topological polar surface area (TPSA) is 73.9 Å². The minimum absolute atomic E-state index is 0.363. The molecule has 0 amide bonds. The van der Waals surface area contributed by atoms with Crippen LogP contribution in [0.3, 0.4) is 0 Å². The second-order valence-corrected chi connectivity index (χ2v) is 5.80. The third kappa shape index (κ3) is 2.95. The molecule has 0 atom stereocenters. The molecule has 4 rings (SSSR count). The van der Waals surface area contributed by atoms with Crippen LogP contribution in [0.4, 0.5) is 5.82 Å². The van der Waals surface area contributed by atoms with E-state index in [0.717, 1.165) is 22.5 Å². The highest BCUT2D eigenvalue weighted by molar-refractivity contribution is 5.88. The van der Waals surface area contributed by atoms with Crippen LogP contribution in [0.1, 0.15) is 6.92 Å². The Labute approximate surface area is 151 Å². The highest BCUT2D eigenvalue weighted by Gasteiger charge is 2.16. The highest BCUT2D eigenvalue weighted by atomic mass is 16.5. The van der Waals surface area contributed by atoms with E-state index < -0.39 is 0 Å². The Kier molecular flexibility index (Phi) is 4.19. The van der Waals surface area contributed by atoms with E-state index >= 15 is 0 Å². The first-order chi connectivity index (χ1) is 12.8. The van der Waals surface area contributed by atoms with Crippen molar-refractivity contribution < 1.29 is 4.74 Å². The number of benzene rings is 2. The summed E-state index contributed by atoms with van der Waals surface area (Å²) in [7, 11) is 0. The number of rotatable bonds is 4. The molecule has 0 aliphatic carbocycles. The van der Waals surface area contributed by atoms with Gasteiger partial charge in [0.05, 0.1) is 18.0 Å². The first-order valence-corrected chi connectivity index (χ1v) is 8.48. The molecular formula is C21H18N4O. The maximum absolute atomic E-state index is 5.93. The lowest BCUT2D eigenvalue weighted by Gasteiger charge is -2.13. The van der Waals surface area contributed by atoms with E-state index in [2.05, 4.69) is 4.98 Å². The largest absolute Gasteiger partial charge is 0.491 e. The van der Waals surface area contributed by atoms with Gasteiger partial charge in [-0.3, -0.25) is 0 Å². The van der Waals surface area contributed by atoms with Crippen molar-refractivity contribution in [2.24, 2.45) is 0 Å². The maximum Gasteiger partial charge on any atom is 0.184 e. The minimum atomic E-state index is 0.363. The fourth-order valence-electron chi connectivity index (χ4n) is 2.89. The molecule has 0 unspecified atom stereocenters. The number of nitrogens with zero attached hydrogens (tertiary/aromatic N) is 3. The number of aromatic nitrogens is 3. The Hall–Kier alpha value is -3.47. The first-order valence-electron chi connectivity index (χ1n) is 8.48. The van der Waals surface area contributed by atoms with Gasteiger partial charge >= 0.3 is 0 Å². The number of hydrogen-bond donors (Lipinski definition) is 1. The number of hydrogen-bond acceptors (Lipinski definition) is 5. The standard InChI is InChI=1S/C21H18N4O/c1-2-26-16-13-17(22)23-21-20(16)24-18(14-9-5-3-6-10-14)19(25-21)15-11-7-4-8-12-15/h3-13H,2H2,1H3,(H2,22,23,25). The smallest absolute Gasteiger partial charge is 0.184 e. The van der Waals surface area contributed by atoms with Crippen LogP contribution < -0.4 is 10.5 Å². The predicted octanol–water partition coefficient (Wildman–Crippen LogP) is 4.34. The molecule has 2 aromatic carbocycles. The van der Waals surface area contributed by atoms with Gasteiger partial charge in [-0.1, -0.05) is 60.7 Å². The number of fused-ring (bicyclic) bond motifs is 1. The lowest BCUT2D eigenvalue weighted by atomic mass is 10.0. The molecule has 26 heavy (non-hydrogen) atoms. The van der Waals surface area contributed by atoms with E-state index in [1.54, 1.807) is 6.07 Å². The lowest BCUT2D eigenvalue weighted by Crippen LogP contribution is -2.02. The quantitative estimate of drug-likeness (QED) is 0.597. The molecular weight excluding hydrogens is 324 g/mol. The molecule has 0 saturated carbocycles. The Bertz CT molecular complexity index is 1050. The molecule has 0 aliphatic heterocycles. The van der Waals surface area contributed by atoms with Gasteiger partial charge in [0.1, 0.15) is 5.82 Å². The van der Waals surface area contributed by atoms with Gasteiger partial charge in [0.25, 0.3) is 0 Å². The fourth-order valence-corrected chi connectivity index (χ4v) is 2.89. The molecule has 0 spiro atoms. The van der Waals surface area contributed by atoms with Gasteiger partial charge in [-0.25, -0.2) is 15.0 Å². The van der Waals surface area contributed by atoms with Crippen molar-refractivity contribution in [3.8, 4) is 28.3 Å². The monoisotopic (exact) mass is 342 g/mol. The molecule has 128 valence electrons. The van der Waals surface area contributed by atoms with E-state index in [1.165, 1.54) is 0 Å². The molecule has 2 heterocycles. The summed E-state index contributed by atoms with van der Waals surface area (Å²) in [5.41, 5.74) is 10.5. The normalized spacial score (nSPS) is 10.8. The van der Waals surface area contributed by atoms with Gasteiger partial charge in [0.2, 0.25) is 0 Å². The summed E-state index contributed by atoms with van der Waals surface area (Å²) in [4.78, 5) is 14.0. The van der Waals surface area contributed by atoms with Crippen molar-refractivity contribution in [3.63, 3.8) is 0 Å². The van der Waals surface area contributed by atoms with Crippen molar-refractivity contribution in [1.29, 1.82) is 0 Å². The molecule has 0 aliphatic rings. The molecule has 4 aromatic rings. The van der Waals surface area contributed by atoms with Gasteiger partial charge in [0, 0.05) is 17.2 Å². The van der Waals surface area contributed by atoms with Crippen LogP contribution in [0.25, 0.3) is 33.7 Å². The van der Waals surface area contributed by atoms with E-state index in [0.29, 0.717) is 29.3 Å². The molecule has 2 aromatic heterocycles. The summed E-state index contributed by atoms with van der Waals surface area (Å²) < 4.78 is 5.71. The number of anilines is 1. The van der Waals surface area contributed by atoms with E-state index in [1.807, 2.05) is 67.6 Å². The van der Waals surface area contributed by atoms with E-state index in [-0.39, 0.29) is 0 Å². The Morgan fingerprint density at radius 2 is 1.38 bits per heavy atom. The van der Waals surface area contributed by atoms with Crippen molar-refractivity contribution in [2.75, 3.05) is 12.3 Å². The van der Waals surface area contributed by atoms with Gasteiger partial charge in [-0.15, -0.1) is 0 Å². The number of nitrogens with two attached hydrogens (primary N) is 1. The molecule has 5 nitrogen and oxygen atoms in total. The van der Waals surface area contributed by atoms with Crippen molar-refractivity contribution in [3.05, 3.63) is 66.7 Å². The third-order valence-corrected chi connectivity index (χ3v) is 4.02. The van der Waals surface area contributed by atoms with Gasteiger partial charge < -0.3 is 10.5 Å². The summed E-state index contributed by atoms with van der Waals surface area (Å²) in [6, 6.07) is 21.6. The summed E-state index contributed by atoms with van der Waals surface area (Å²) in [6.07, 6.45) is 0. The zero-order chi connectivity index (χ0) is 17.9. The Morgan fingerprint density at radius 1 is 0.808 bits per heavy atom. The first kappa shape index (κ1) is 16.0. The SMILES string of the molecule is CCOc1cc(N)nc2nc(-c3ccccc3)c(-c3ccccc3)nc12. The van der Waals surface area contributed by atoms with Crippen LogP contribution >= 0.6 is 0 Å². The number of pyridine rings is 1. The van der Waals surface area contributed by atoms with Crippen LogP contribution in [0.5, 0.6) is 5.75 Å². The van der Waals surface area contributed by atoms with Gasteiger partial charge in [0.15, 0.2) is 16.9 Å². The highest BCUT2D eigenvalue weighted by Crippen LogP contribution is 2.33. The molecule has 2 N–H and O–H groups in total. The lowest BCUT2D eigenvalue weighted by molar-refractivity contribution is 0.343. The van der Waals surface area contributed by atoms with Crippen LogP contribution in [0.15, 0.2) is 66.7 Å². The third-order valence-electron chi connectivity index (χ3n) is 4.02. The second-order valence-electron chi connectivity index (χ2n) is 5.80. The van der Waals surface area contributed by atoms with Crippen molar-refractivity contribution in [1.82, 2.24) is 15.0 Å². The van der Waals surface area contributed by atoms with E-state index in [4.69, 9.17) is 20.4 Å². The van der Waals surface area contributed by atoms with Gasteiger partial charge in [-0.05, 0) is 6.92 Å². The summed E-state index contributed by atoms with van der Waals surface area (Å²) in [5, 5.41) is 0. The minimum Gasteiger partial charge on any atom is -0.491 e. The van der Waals surface area contributed by atoms with Crippen LogP contribution in [0, 0.1) is 0 Å². The van der Waals surface area contributed by atoms with Crippen molar-refractivity contribution in [2.45, 2.75) is 6.92 Å². The average molecular weight is 342 g/mol. The predicted molar refractivity (Wildman–Crippen MR) is 104 cm³/mol. The molecule has 5 heteroatoms. The van der Waals surface area contributed by atoms with Crippen LogP contribution in [-0.4, -0.2) is 21.6 Å². The van der Waals surface area contributed by atoms with Crippen LogP contribution in [-0.2, 0) is 0 Å². The maximum atomic E-state index is 5.93. The van der Waals surface area contributed by atoms with Crippen molar-refractivity contribution >= 4 is 17.0 Å². The Morgan fingerprint density at radius 3 is 1.96 bits per heavy atom. The zero-order valence-electron chi connectivity index (χ0n) is 14.4. The fraction of sp³-hybridized carbons (Fsp3) is 0.0952. The molecule has 0 fully saturated rings. The van der Waals surface area contributed by atoms with Gasteiger partial charge in [-0.2, -0.15) is 0 Å². The zero-order valence-corrected chi connectivity index (χ0v) is 14.4. The number of ether oxygens (including phenoxy) is 1. The average Bonchev–Trinajstić information content (AvgIpc) is 2.68.